The quantitative estimate of drug-likeness (QED) is 0.602. The largest absolute Gasteiger partial charge is 0.462 e. The van der Waals surface area contributed by atoms with Crippen LogP contribution in [0.2, 0.25) is 0 Å². The van der Waals surface area contributed by atoms with E-state index in [0.29, 0.717) is 22.8 Å². The zero-order valence-corrected chi connectivity index (χ0v) is 15.5. The Labute approximate surface area is 161 Å². The van der Waals surface area contributed by atoms with Crippen molar-refractivity contribution in [2.24, 2.45) is 0 Å². The van der Waals surface area contributed by atoms with Gasteiger partial charge in [-0.2, -0.15) is 0 Å². The Hall–Kier alpha value is -3.06. The van der Waals surface area contributed by atoms with Gasteiger partial charge < -0.3 is 10.1 Å². The van der Waals surface area contributed by atoms with Gasteiger partial charge in [0.1, 0.15) is 0 Å². The summed E-state index contributed by atoms with van der Waals surface area (Å²) in [6.45, 7) is 2.11. The number of benzene rings is 2. The van der Waals surface area contributed by atoms with Crippen LogP contribution in [0.15, 0.2) is 59.5 Å². The van der Waals surface area contributed by atoms with Crippen molar-refractivity contribution in [2.75, 3.05) is 18.6 Å². The predicted molar refractivity (Wildman–Crippen MR) is 105 cm³/mol. The van der Waals surface area contributed by atoms with Crippen LogP contribution in [0.3, 0.4) is 0 Å². The first-order chi connectivity index (χ1) is 13.1. The van der Waals surface area contributed by atoms with E-state index in [2.05, 4.69) is 5.32 Å². The van der Waals surface area contributed by atoms with Gasteiger partial charge in [0.2, 0.25) is 0 Å². The van der Waals surface area contributed by atoms with E-state index < -0.39 is 0 Å². The summed E-state index contributed by atoms with van der Waals surface area (Å²) in [7, 11) is 0. The molecule has 0 spiro atoms. The molecule has 7 heteroatoms. The first kappa shape index (κ1) is 18.7. The molecule has 1 saturated heterocycles. The number of nitrogens with zero attached hydrogens (tertiary/aromatic N) is 1. The minimum Gasteiger partial charge on any atom is -0.462 e. The molecular formula is C20H18N2O4S. The molecule has 2 aromatic rings. The van der Waals surface area contributed by atoms with Gasteiger partial charge in [-0.05, 0) is 54.6 Å². The standard InChI is InChI=1S/C20H18N2O4S/c1-2-26-19(24)15-8-10-16(11-9-15)21-13-22-18(23)17(27-20(22)25)12-14-6-4-3-5-7-14/h3-12,21H,2,13H2,1H3/b17-12-. The summed E-state index contributed by atoms with van der Waals surface area (Å²) in [5.41, 5.74) is 2.00. The molecule has 0 radical (unpaired) electrons. The summed E-state index contributed by atoms with van der Waals surface area (Å²) >= 11 is 0.921. The number of ether oxygens (including phenoxy) is 1. The monoisotopic (exact) mass is 382 g/mol. The number of carbonyl (C=O) groups excluding carboxylic acids is 3. The van der Waals surface area contributed by atoms with Gasteiger partial charge in [0.05, 0.1) is 23.7 Å². The zero-order valence-electron chi connectivity index (χ0n) is 14.7. The molecule has 1 fully saturated rings. The Morgan fingerprint density at radius 3 is 2.48 bits per heavy atom. The summed E-state index contributed by atoms with van der Waals surface area (Å²) in [6.07, 6.45) is 1.71. The summed E-state index contributed by atoms with van der Waals surface area (Å²) in [5.74, 6) is -0.717. The number of imide groups is 1. The topological polar surface area (TPSA) is 75.7 Å². The van der Waals surface area contributed by atoms with E-state index in [4.69, 9.17) is 4.74 Å². The Kier molecular flexibility index (Phi) is 5.93. The van der Waals surface area contributed by atoms with Crippen molar-refractivity contribution >= 4 is 40.6 Å². The van der Waals surface area contributed by atoms with Crippen LogP contribution in [-0.4, -0.2) is 35.3 Å². The van der Waals surface area contributed by atoms with Gasteiger partial charge in [0.15, 0.2) is 0 Å². The van der Waals surface area contributed by atoms with E-state index in [-0.39, 0.29) is 23.8 Å². The molecular weight excluding hydrogens is 364 g/mol. The first-order valence-corrected chi connectivity index (χ1v) is 9.21. The third-order valence-corrected chi connectivity index (χ3v) is 4.72. The predicted octanol–water partition coefficient (Wildman–Crippen LogP) is 3.97. The smallest absolute Gasteiger partial charge is 0.338 e. The third kappa shape index (κ3) is 4.57. The highest BCUT2D eigenvalue weighted by Gasteiger charge is 2.34. The molecule has 0 bridgehead atoms. The molecule has 2 aromatic carbocycles. The molecule has 1 aliphatic heterocycles. The number of amides is 2. The number of hydrogen-bond donors (Lipinski definition) is 1. The van der Waals surface area contributed by atoms with Crippen LogP contribution in [0, 0.1) is 0 Å². The van der Waals surface area contributed by atoms with Crippen molar-refractivity contribution in [3.8, 4) is 0 Å². The van der Waals surface area contributed by atoms with Crippen LogP contribution in [0.25, 0.3) is 6.08 Å². The summed E-state index contributed by atoms with van der Waals surface area (Å²) in [4.78, 5) is 37.8. The Morgan fingerprint density at radius 2 is 1.81 bits per heavy atom. The van der Waals surface area contributed by atoms with Gasteiger partial charge in [-0.1, -0.05) is 30.3 Å². The first-order valence-electron chi connectivity index (χ1n) is 8.40. The molecule has 138 valence electrons. The summed E-state index contributed by atoms with van der Waals surface area (Å²) in [5, 5.41) is 2.70. The van der Waals surface area contributed by atoms with Gasteiger partial charge in [-0.15, -0.1) is 0 Å². The Morgan fingerprint density at radius 1 is 1.11 bits per heavy atom. The van der Waals surface area contributed by atoms with Crippen molar-refractivity contribution in [1.29, 1.82) is 0 Å². The van der Waals surface area contributed by atoms with E-state index in [1.165, 1.54) is 0 Å². The number of carbonyl (C=O) groups is 3. The van der Waals surface area contributed by atoms with Crippen LogP contribution < -0.4 is 5.32 Å². The molecule has 0 atom stereocenters. The van der Waals surface area contributed by atoms with E-state index >= 15 is 0 Å². The second kappa shape index (κ2) is 8.55. The van der Waals surface area contributed by atoms with Gasteiger partial charge in [-0.25, -0.2) is 4.79 Å². The number of rotatable bonds is 6. The minimum absolute atomic E-state index is 0.0511. The van der Waals surface area contributed by atoms with Crippen LogP contribution in [0.5, 0.6) is 0 Å². The molecule has 1 aliphatic rings. The second-order valence-electron chi connectivity index (χ2n) is 5.65. The third-order valence-electron chi connectivity index (χ3n) is 3.81. The highest BCUT2D eigenvalue weighted by Crippen LogP contribution is 2.32. The highest BCUT2D eigenvalue weighted by molar-refractivity contribution is 8.18. The Balaban J connectivity index is 1.63. The molecule has 6 nitrogen and oxygen atoms in total. The lowest BCUT2D eigenvalue weighted by Crippen LogP contribution is -2.33. The maximum Gasteiger partial charge on any atom is 0.338 e. The van der Waals surface area contributed by atoms with Crippen LogP contribution in [0.4, 0.5) is 10.5 Å². The molecule has 1 heterocycles. The Bertz CT molecular complexity index is 879. The lowest BCUT2D eigenvalue weighted by molar-refractivity contribution is -0.122. The average Bonchev–Trinajstić information content (AvgIpc) is 2.94. The van der Waals surface area contributed by atoms with E-state index in [1.54, 1.807) is 37.3 Å². The van der Waals surface area contributed by atoms with E-state index in [1.807, 2.05) is 30.3 Å². The van der Waals surface area contributed by atoms with Crippen molar-refractivity contribution in [1.82, 2.24) is 4.90 Å². The fourth-order valence-electron chi connectivity index (χ4n) is 2.45. The van der Waals surface area contributed by atoms with Crippen LogP contribution >= 0.6 is 11.8 Å². The number of esters is 1. The van der Waals surface area contributed by atoms with E-state index in [0.717, 1.165) is 22.2 Å². The molecule has 0 aromatic heterocycles. The van der Waals surface area contributed by atoms with Crippen molar-refractivity contribution < 1.29 is 19.1 Å². The van der Waals surface area contributed by atoms with Crippen molar-refractivity contribution in [3.63, 3.8) is 0 Å². The average molecular weight is 382 g/mol. The molecule has 0 saturated carbocycles. The number of nitrogens with one attached hydrogen (secondary N) is 1. The number of hydrogen-bond acceptors (Lipinski definition) is 6. The molecule has 1 N–H and O–H groups in total. The van der Waals surface area contributed by atoms with Gasteiger partial charge in [-0.3, -0.25) is 14.5 Å². The van der Waals surface area contributed by atoms with Gasteiger partial charge in [0.25, 0.3) is 11.1 Å². The van der Waals surface area contributed by atoms with Crippen molar-refractivity contribution in [3.05, 3.63) is 70.6 Å². The second-order valence-corrected chi connectivity index (χ2v) is 6.65. The maximum absolute atomic E-state index is 12.5. The summed E-state index contributed by atoms with van der Waals surface area (Å²) in [6, 6.07) is 16.0. The zero-order chi connectivity index (χ0) is 19.2. The fraction of sp³-hybridized carbons (Fsp3) is 0.150. The van der Waals surface area contributed by atoms with Gasteiger partial charge >= 0.3 is 5.97 Å². The number of thioether (sulfide) groups is 1. The molecule has 2 amide bonds. The number of anilines is 1. The lowest BCUT2D eigenvalue weighted by Gasteiger charge is -2.14. The van der Waals surface area contributed by atoms with E-state index in [9.17, 15) is 14.4 Å². The van der Waals surface area contributed by atoms with Crippen LogP contribution in [0.1, 0.15) is 22.8 Å². The molecule has 0 aliphatic carbocycles. The maximum atomic E-state index is 12.5. The normalized spacial score (nSPS) is 15.3. The molecule has 3 rings (SSSR count). The molecule has 27 heavy (non-hydrogen) atoms. The minimum atomic E-state index is -0.388. The summed E-state index contributed by atoms with van der Waals surface area (Å²) < 4.78 is 4.93. The van der Waals surface area contributed by atoms with Gasteiger partial charge in [0, 0.05) is 5.69 Å². The molecule has 0 unspecified atom stereocenters. The lowest BCUT2D eigenvalue weighted by atomic mass is 10.2. The fourth-order valence-corrected chi connectivity index (χ4v) is 3.28. The highest BCUT2D eigenvalue weighted by atomic mass is 32.2. The van der Waals surface area contributed by atoms with Crippen LogP contribution in [-0.2, 0) is 9.53 Å². The SMILES string of the molecule is CCOC(=O)c1ccc(NCN2C(=O)S/C(=C\c3ccccc3)C2=O)cc1. The van der Waals surface area contributed by atoms with Crippen molar-refractivity contribution in [2.45, 2.75) is 6.92 Å².